The first-order chi connectivity index (χ1) is 18.5. The van der Waals surface area contributed by atoms with Gasteiger partial charge in [0.15, 0.2) is 16.6 Å². The van der Waals surface area contributed by atoms with Crippen molar-refractivity contribution >= 4 is 16.6 Å². The van der Waals surface area contributed by atoms with Gasteiger partial charge in [0.05, 0.1) is 36.1 Å². The Hall–Kier alpha value is -0.326. The van der Waals surface area contributed by atoms with Crippen molar-refractivity contribution in [2.24, 2.45) is 0 Å². The van der Waals surface area contributed by atoms with E-state index in [0.717, 1.165) is 12.8 Å². The van der Waals surface area contributed by atoms with Crippen LogP contribution in [0.4, 0.5) is 0 Å². The Morgan fingerprint density at radius 3 is 2.12 bits per heavy atom. The summed E-state index contributed by atoms with van der Waals surface area (Å²) in [5.74, 6) is 0. The number of ether oxygens (including phenoxy) is 3. The van der Waals surface area contributed by atoms with Crippen molar-refractivity contribution in [2.75, 3.05) is 6.61 Å². The van der Waals surface area contributed by atoms with Gasteiger partial charge >= 0.3 is 0 Å². The molecule has 3 aliphatic rings. The zero-order valence-corrected chi connectivity index (χ0v) is 30.7. The number of hydrogen-bond acceptors (Lipinski definition) is 6. The lowest BCUT2D eigenvalue weighted by atomic mass is 9.74. The molecule has 41 heavy (non-hydrogen) atoms. The third kappa shape index (κ3) is 7.67. The van der Waals surface area contributed by atoms with E-state index in [0.29, 0.717) is 19.4 Å². The van der Waals surface area contributed by atoms with E-state index in [9.17, 15) is 5.11 Å². The minimum absolute atomic E-state index is 0.0497. The average molecular weight is 611 g/mol. The molecule has 0 aromatic rings. The smallest absolute Gasteiger partial charge is 0.193 e. The number of allylic oxidation sites excluding steroid dienone is 2. The van der Waals surface area contributed by atoms with Crippen LogP contribution >= 0.6 is 0 Å². The van der Waals surface area contributed by atoms with E-state index < -0.39 is 33.4 Å². The van der Waals surface area contributed by atoms with Gasteiger partial charge in [0.2, 0.25) is 0 Å². The monoisotopic (exact) mass is 610 g/mol. The van der Waals surface area contributed by atoms with Crippen LogP contribution in [0.25, 0.3) is 0 Å². The molecule has 0 radical (unpaired) electrons. The molecule has 0 bridgehead atoms. The first-order valence-electron chi connectivity index (χ1n) is 15.8. The lowest BCUT2D eigenvalue weighted by Crippen LogP contribution is -2.66. The molecular formula is C33H62O6Si2. The highest BCUT2D eigenvalue weighted by Gasteiger charge is 2.58. The second-order valence-electron chi connectivity index (χ2n) is 16.6. The van der Waals surface area contributed by atoms with Gasteiger partial charge in [0.25, 0.3) is 0 Å². The highest BCUT2D eigenvalue weighted by atomic mass is 28.4. The van der Waals surface area contributed by atoms with Crippen molar-refractivity contribution in [3.8, 4) is 0 Å². The van der Waals surface area contributed by atoms with Crippen LogP contribution in [-0.4, -0.2) is 75.7 Å². The molecule has 8 heteroatoms. The molecule has 2 fully saturated rings. The summed E-state index contributed by atoms with van der Waals surface area (Å²) in [6, 6.07) is 0. The summed E-state index contributed by atoms with van der Waals surface area (Å²) in [5.41, 5.74) is -2.24. The van der Waals surface area contributed by atoms with Crippen molar-refractivity contribution in [3.05, 3.63) is 24.3 Å². The van der Waals surface area contributed by atoms with E-state index in [1.54, 1.807) is 0 Å². The van der Waals surface area contributed by atoms with Gasteiger partial charge in [-0.1, -0.05) is 65.8 Å². The average Bonchev–Trinajstić information content (AvgIpc) is 2.90. The van der Waals surface area contributed by atoms with E-state index in [1.807, 2.05) is 13.8 Å². The van der Waals surface area contributed by atoms with Crippen LogP contribution in [0.3, 0.4) is 0 Å². The van der Waals surface area contributed by atoms with Crippen molar-refractivity contribution in [1.82, 2.24) is 0 Å². The van der Waals surface area contributed by atoms with Crippen molar-refractivity contribution in [3.63, 3.8) is 0 Å². The number of aliphatic hydroxyl groups is 1. The zero-order valence-electron chi connectivity index (χ0n) is 28.7. The maximum atomic E-state index is 11.4. The minimum Gasteiger partial charge on any atom is -0.414 e. The summed E-state index contributed by atoms with van der Waals surface area (Å²) in [6.07, 6.45) is 10.3. The molecule has 8 atom stereocenters. The first kappa shape index (κ1) is 35.2. The van der Waals surface area contributed by atoms with E-state index >= 15 is 0 Å². The Kier molecular flexibility index (Phi) is 10.2. The fourth-order valence-electron chi connectivity index (χ4n) is 5.92. The summed E-state index contributed by atoms with van der Waals surface area (Å²) in [7, 11) is -4.18. The van der Waals surface area contributed by atoms with Gasteiger partial charge in [-0.3, -0.25) is 0 Å². The second-order valence-corrected chi connectivity index (χ2v) is 26.1. The normalized spacial score (nSPS) is 39.0. The molecule has 0 aromatic carbocycles. The quantitative estimate of drug-likeness (QED) is 0.222. The summed E-state index contributed by atoms with van der Waals surface area (Å²) in [5, 5.41) is 11.6. The Morgan fingerprint density at radius 2 is 1.56 bits per heavy atom. The minimum atomic E-state index is -2.16. The molecule has 0 aromatic heterocycles. The summed E-state index contributed by atoms with van der Waals surface area (Å²) in [6.45, 7) is 31.4. The van der Waals surface area contributed by atoms with Gasteiger partial charge in [-0.2, -0.15) is 0 Å². The van der Waals surface area contributed by atoms with Crippen molar-refractivity contribution < 1.29 is 28.2 Å². The molecule has 3 aliphatic heterocycles. The largest absolute Gasteiger partial charge is 0.414 e. The maximum Gasteiger partial charge on any atom is 0.193 e. The number of rotatable bonds is 8. The maximum absolute atomic E-state index is 11.4. The summed E-state index contributed by atoms with van der Waals surface area (Å²) >= 11 is 0. The topological polar surface area (TPSA) is 66.4 Å². The SMILES string of the molecule is C/C=C/CC[C@@H]1O[C@@H]2C[C@@H]3O[C@H](CO[Si](C)(C)C(C)(C)C)[C@@](C)(O[Si](C)(C)C(C)(C)C)C=C[C@H]3O[C@@]2(C)C[C@@]1(C)O. The van der Waals surface area contributed by atoms with Crippen molar-refractivity contribution in [2.45, 2.75) is 179 Å². The fraction of sp³-hybridized carbons (Fsp3) is 0.879. The first-order valence-corrected chi connectivity index (χ1v) is 21.6. The Balaban J connectivity index is 1.93. The highest BCUT2D eigenvalue weighted by molar-refractivity contribution is 6.74. The van der Waals surface area contributed by atoms with Gasteiger partial charge in [0, 0.05) is 12.8 Å². The zero-order chi connectivity index (χ0) is 31.3. The van der Waals surface area contributed by atoms with Crippen LogP contribution in [0.2, 0.25) is 36.3 Å². The molecule has 238 valence electrons. The second kappa shape index (κ2) is 11.9. The van der Waals surface area contributed by atoms with E-state index in [-0.39, 0.29) is 40.6 Å². The predicted molar refractivity (Wildman–Crippen MR) is 173 cm³/mol. The number of fused-ring (bicyclic) bond motifs is 2. The molecule has 3 rings (SSSR count). The Bertz CT molecular complexity index is 962. The van der Waals surface area contributed by atoms with E-state index in [1.165, 1.54) is 0 Å². The standard InChI is InChI=1S/C33H62O6Si2/c1-15-16-17-18-26-31(8,34)23-33(10)27(37-26)21-25-24(38-33)19-20-32(9,39-41(13,14)30(5,6)7)28(36-25)22-35-40(11,12)29(2,3)4/h15-16,19-20,24-28,34H,17-18,21-23H2,1-14H3/b16-15+/t24-,25+,26+,27-,28-,31-,32+,33+/m1/s1. The van der Waals surface area contributed by atoms with Gasteiger partial charge < -0.3 is 28.2 Å². The molecule has 0 amide bonds. The fourth-order valence-corrected chi connectivity index (χ4v) is 8.52. The van der Waals surface area contributed by atoms with Crippen LogP contribution in [0.5, 0.6) is 0 Å². The molecule has 3 heterocycles. The van der Waals surface area contributed by atoms with Crippen LogP contribution in [0, 0.1) is 0 Å². The van der Waals surface area contributed by atoms with Gasteiger partial charge in [-0.25, -0.2) is 0 Å². The summed E-state index contributed by atoms with van der Waals surface area (Å²) in [4.78, 5) is 0. The molecule has 0 spiro atoms. The third-order valence-corrected chi connectivity index (χ3v) is 19.8. The lowest BCUT2D eigenvalue weighted by Gasteiger charge is -2.55. The number of hydrogen-bond donors (Lipinski definition) is 1. The van der Waals surface area contributed by atoms with Crippen LogP contribution in [0.1, 0.15) is 94.9 Å². The predicted octanol–water partition coefficient (Wildman–Crippen LogP) is 7.92. The molecular weight excluding hydrogens is 549 g/mol. The van der Waals surface area contributed by atoms with Gasteiger partial charge in [0.1, 0.15) is 17.8 Å². The van der Waals surface area contributed by atoms with E-state index in [2.05, 4.69) is 106 Å². The summed E-state index contributed by atoms with van der Waals surface area (Å²) < 4.78 is 34.5. The van der Waals surface area contributed by atoms with Crippen LogP contribution in [0.15, 0.2) is 24.3 Å². The molecule has 0 unspecified atom stereocenters. The Labute approximate surface area is 253 Å². The third-order valence-electron chi connectivity index (χ3n) is 10.7. The highest BCUT2D eigenvalue weighted by Crippen LogP contribution is 2.48. The lowest BCUT2D eigenvalue weighted by molar-refractivity contribution is -0.307. The van der Waals surface area contributed by atoms with Crippen LogP contribution in [-0.2, 0) is 23.1 Å². The molecule has 6 nitrogen and oxygen atoms in total. The van der Waals surface area contributed by atoms with Gasteiger partial charge in [-0.05, 0) is 76.8 Å². The van der Waals surface area contributed by atoms with E-state index in [4.69, 9.17) is 23.1 Å². The van der Waals surface area contributed by atoms with Crippen LogP contribution < -0.4 is 0 Å². The van der Waals surface area contributed by atoms with Gasteiger partial charge in [-0.15, -0.1) is 0 Å². The molecule has 0 aliphatic carbocycles. The molecule has 1 N–H and O–H groups in total. The molecule has 0 saturated carbocycles. The Morgan fingerprint density at radius 1 is 0.951 bits per heavy atom. The molecule has 2 saturated heterocycles. The van der Waals surface area contributed by atoms with Crippen molar-refractivity contribution in [1.29, 1.82) is 0 Å².